The molecular formula is C15H19NO. The van der Waals surface area contributed by atoms with E-state index in [1.54, 1.807) is 4.57 Å². The predicted octanol–water partition coefficient (Wildman–Crippen LogP) is 3.48. The van der Waals surface area contributed by atoms with E-state index in [4.69, 9.17) is 0 Å². The van der Waals surface area contributed by atoms with Gasteiger partial charge in [-0.25, -0.2) is 0 Å². The number of aryl methyl sites for hydroxylation is 2. The fraction of sp³-hybridized carbons (Fsp3) is 0.267. The number of hydrogen-bond donors (Lipinski definition) is 0. The Morgan fingerprint density at radius 1 is 1.00 bits per heavy atom. The zero-order valence-electron chi connectivity index (χ0n) is 10.9. The quantitative estimate of drug-likeness (QED) is 0.733. The Hall–Kier alpha value is -1.83. The van der Waals surface area contributed by atoms with Gasteiger partial charge in [0.15, 0.2) is 0 Å². The van der Waals surface area contributed by atoms with Crippen LogP contribution in [0.3, 0.4) is 0 Å². The van der Waals surface area contributed by atoms with Gasteiger partial charge in [-0.1, -0.05) is 32.0 Å². The average molecular weight is 229 g/mol. The molecule has 0 spiro atoms. The molecular weight excluding hydrogens is 210 g/mol. The molecule has 0 aliphatic heterocycles. The average Bonchev–Trinajstić information content (AvgIpc) is 2.37. The molecule has 0 saturated carbocycles. The van der Waals surface area contributed by atoms with E-state index in [0.29, 0.717) is 0 Å². The summed E-state index contributed by atoms with van der Waals surface area (Å²) in [6, 6.07) is 11.6. The molecule has 0 fully saturated rings. The van der Waals surface area contributed by atoms with Crippen molar-refractivity contribution in [2.75, 3.05) is 0 Å². The zero-order valence-corrected chi connectivity index (χ0v) is 10.9. The highest BCUT2D eigenvalue weighted by atomic mass is 16.1. The van der Waals surface area contributed by atoms with E-state index in [2.05, 4.69) is 0 Å². The summed E-state index contributed by atoms with van der Waals surface area (Å²) in [7, 11) is 0. The molecule has 2 nitrogen and oxygen atoms in total. The first-order chi connectivity index (χ1) is 8.18. The second-order valence-electron chi connectivity index (χ2n) is 3.71. The molecule has 0 bridgehead atoms. The van der Waals surface area contributed by atoms with Crippen molar-refractivity contribution in [2.24, 2.45) is 0 Å². The molecule has 0 unspecified atom stereocenters. The number of para-hydroxylation sites is 1. The molecule has 17 heavy (non-hydrogen) atoms. The van der Waals surface area contributed by atoms with Gasteiger partial charge in [-0.15, -0.1) is 0 Å². The van der Waals surface area contributed by atoms with E-state index in [-0.39, 0.29) is 5.56 Å². The van der Waals surface area contributed by atoms with Crippen LogP contribution in [0.2, 0.25) is 0 Å². The lowest BCUT2D eigenvalue weighted by atomic mass is 10.2. The third kappa shape index (κ3) is 3.06. The van der Waals surface area contributed by atoms with E-state index >= 15 is 0 Å². The lowest BCUT2D eigenvalue weighted by molar-refractivity contribution is 0.957. The molecule has 1 aromatic carbocycles. The van der Waals surface area contributed by atoms with Gasteiger partial charge in [-0.2, -0.15) is 0 Å². The molecule has 0 aliphatic carbocycles. The van der Waals surface area contributed by atoms with Crippen molar-refractivity contribution in [3.8, 4) is 5.69 Å². The Kier molecular flexibility index (Phi) is 4.70. The highest BCUT2D eigenvalue weighted by Crippen LogP contribution is 2.06. The van der Waals surface area contributed by atoms with Gasteiger partial charge in [0.25, 0.3) is 5.56 Å². The summed E-state index contributed by atoms with van der Waals surface area (Å²) in [6.07, 6.45) is 1.87. The number of hydrogen-bond acceptors (Lipinski definition) is 1. The summed E-state index contributed by atoms with van der Waals surface area (Å²) < 4.78 is 1.69. The Balaban J connectivity index is 0.000000686. The fourth-order valence-corrected chi connectivity index (χ4v) is 1.67. The van der Waals surface area contributed by atoms with E-state index in [1.807, 2.05) is 70.3 Å². The van der Waals surface area contributed by atoms with Crippen LogP contribution in [0.5, 0.6) is 0 Å². The third-order valence-electron chi connectivity index (χ3n) is 2.37. The number of aromatic nitrogens is 1. The minimum absolute atomic E-state index is 0.0480. The molecule has 0 N–H and O–H groups in total. The van der Waals surface area contributed by atoms with Crippen molar-refractivity contribution in [1.29, 1.82) is 0 Å². The van der Waals surface area contributed by atoms with Crippen LogP contribution in [-0.2, 0) is 0 Å². The highest BCUT2D eigenvalue weighted by Gasteiger charge is 2.02. The minimum atomic E-state index is 0.0480. The van der Waals surface area contributed by atoms with Crippen molar-refractivity contribution >= 4 is 0 Å². The zero-order chi connectivity index (χ0) is 12.8. The monoisotopic (exact) mass is 229 g/mol. The van der Waals surface area contributed by atoms with Gasteiger partial charge >= 0.3 is 0 Å². The van der Waals surface area contributed by atoms with E-state index in [0.717, 1.165) is 16.8 Å². The Morgan fingerprint density at radius 3 is 2.18 bits per heavy atom. The summed E-state index contributed by atoms with van der Waals surface area (Å²) in [5.74, 6) is 0. The first kappa shape index (κ1) is 13.2. The maximum atomic E-state index is 11.9. The van der Waals surface area contributed by atoms with Crippen molar-refractivity contribution in [2.45, 2.75) is 27.7 Å². The summed E-state index contributed by atoms with van der Waals surface area (Å²) in [6.45, 7) is 7.83. The fourth-order valence-electron chi connectivity index (χ4n) is 1.67. The van der Waals surface area contributed by atoms with Gasteiger partial charge in [0.1, 0.15) is 0 Å². The number of nitrogens with zero attached hydrogens (tertiary/aromatic N) is 1. The first-order valence-corrected chi connectivity index (χ1v) is 5.94. The highest BCUT2D eigenvalue weighted by molar-refractivity contribution is 5.34. The Morgan fingerprint density at radius 2 is 1.59 bits per heavy atom. The van der Waals surface area contributed by atoms with Gasteiger partial charge in [-0.05, 0) is 37.6 Å². The third-order valence-corrected chi connectivity index (χ3v) is 2.37. The first-order valence-electron chi connectivity index (χ1n) is 5.94. The normalized spacial score (nSPS) is 9.41. The van der Waals surface area contributed by atoms with Crippen LogP contribution in [0.4, 0.5) is 0 Å². The molecule has 2 aromatic rings. The SMILES string of the molecule is CC.Cc1cc(C)c(=O)n(-c2ccccc2)c1. The largest absolute Gasteiger partial charge is 0.284 e. The standard InChI is InChI=1S/C13H13NO.C2H6/c1-10-8-11(2)13(15)14(9-10)12-6-4-3-5-7-12;1-2/h3-9H,1-2H3;1-2H3. The van der Waals surface area contributed by atoms with Crippen LogP contribution in [-0.4, -0.2) is 4.57 Å². The molecule has 0 radical (unpaired) electrons. The number of rotatable bonds is 1. The van der Waals surface area contributed by atoms with Crippen LogP contribution in [0.15, 0.2) is 47.4 Å². The van der Waals surface area contributed by atoms with Crippen molar-refractivity contribution in [3.05, 3.63) is 64.1 Å². The van der Waals surface area contributed by atoms with Gasteiger partial charge < -0.3 is 0 Å². The van der Waals surface area contributed by atoms with Crippen LogP contribution in [0, 0.1) is 13.8 Å². The Bertz CT molecular complexity index is 526. The lowest BCUT2D eigenvalue weighted by Gasteiger charge is -2.07. The molecule has 1 heterocycles. The maximum absolute atomic E-state index is 11.9. The summed E-state index contributed by atoms with van der Waals surface area (Å²) >= 11 is 0. The molecule has 90 valence electrons. The van der Waals surface area contributed by atoms with E-state index in [9.17, 15) is 4.79 Å². The molecule has 0 atom stereocenters. The molecule has 0 saturated heterocycles. The van der Waals surface area contributed by atoms with E-state index in [1.165, 1.54) is 0 Å². The number of benzene rings is 1. The van der Waals surface area contributed by atoms with Crippen LogP contribution < -0.4 is 5.56 Å². The molecule has 0 amide bonds. The lowest BCUT2D eigenvalue weighted by Crippen LogP contribution is -2.20. The topological polar surface area (TPSA) is 22.0 Å². The van der Waals surface area contributed by atoms with Crippen LogP contribution >= 0.6 is 0 Å². The van der Waals surface area contributed by atoms with Crippen molar-refractivity contribution in [1.82, 2.24) is 4.57 Å². The van der Waals surface area contributed by atoms with Crippen LogP contribution in [0.1, 0.15) is 25.0 Å². The van der Waals surface area contributed by atoms with Gasteiger partial charge in [0.05, 0.1) is 0 Å². The maximum Gasteiger partial charge on any atom is 0.257 e. The summed E-state index contributed by atoms with van der Waals surface area (Å²) in [5.41, 5.74) is 2.83. The number of pyridine rings is 1. The van der Waals surface area contributed by atoms with Crippen LogP contribution in [0.25, 0.3) is 5.69 Å². The van der Waals surface area contributed by atoms with Crippen molar-refractivity contribution < 1.29 is 0 Å². The second kappa shape index (κ2) is 6.04. The molecule has 2 heteroatoms. The predicted molar refractivity (Wildman–Crippen MR) is 72.9 cm³/mol. The van der Waals surface area contributed by atoms with Gasteiger partial charge in [0.2, 0.25) is 0 Å². The summed E-state index contributed by atoms with van der Waals surface area (Å²) in [5, 5.41) is 0. The second-order valence-corrected chi connectivity index (χ2v) is 3.71. The summed E-state index contributed by atoms with van der Waals surface area (Å²) in [4.78, 5) is 11.9. The van der Waals surface area contributed by atoms with Gasteiger partial charge in [-0.3, -0.25) is 9.36 Å². The Labute approximate surface area is 103 Å². The van der Waals surface area contributed by atoms with Gasteiger partial charge in [0, 0.05) is 17.4 Å². The molecule has 2 rings (SSSR count). The minimum Gasteiger partial charge on any atom is -0.284 e. The smallest absolute Gasteiger partial charge is 0.257 e. The van der Waals surface area contributed by atoms with Crippen molar-refractivity contribution in [3.63, 3.8) is 0 Å². The molecule has 1 aromatic heterocycles. The van der Waals surface area contributed by atoms with E-state index < -0.39 is 0 Å². The molecule has 0 aliphatic rings.